The standard InChI is InChI=1S/C20H19N3O6S/c1-28-19(25)16(13-6-7-15-12(11-13)8-10-29-15)21-18(24)17-14-5-3-4-9-23(14)20(22-17)30(2,26)27/h3-7,9,11,16H,8,10H2,1-2H3,(H,21,24). The van der Waals surface area contributed by atoms with Gasteiger partial charge in [0.1, 0.15) is 5.75 Å². The first-order valence-corrected chi connectivity index (χ1v) is 11.0. The molecule has 3 heterocycles. The minimum Gasteiger partial charge on any atom is -0.493 e. The number of aromatic nitrogens is 2. The van der Waals surface area contributed by atoms with Crippen molar-refractivity contribution < 1.29 is 27.5 Å². The molecular formula is C20H19N3O6S. The number of nitrogens with zero attached hydrogens (tertiary/aromatic N) is 2. The van der Waals surface area contributed by atoms with E-state index in [-0.39, 0.29) is 10.9 Å². The second-order valence-electron chi connectivity index (χ2n) is 6.87. The summed E-state index contributed by atoms with van der Waals surface area (Å²) in [7, 11) is -2.46. The molecule has 1 aliphatic rings. The van der Waals surface area contributed by atoms with Crippen LogP contribution in [0.5, 0.6) is 5.75 Å². The molecule has 1 aromatic carbocycles. The van der Waals surface area contributed by atoms with Gasteiger partial charge in [0.05, 0.1) is 19.2 Å². The van der Waals surface area contributed by atoms with Crippen molar-refractivity contribution in [1.29, 1.82) is 0 Å². The van der Waals surface area contributed by atoms with Crippen molar-refractivity contribution in [2.75, 3.05) is 20.0 Å². The molecule has 3 aromatic rings. The third-order valence-electron chi connectivity index (χ3n) is 4.82. The highest BCUT2D eigenvalue weighted by atomic mass is 32.2. The van der Waals surface area contributed by atoms with Gasteiger partial charge in [0.2, 0.25) is 15.0 Å². The molecule has 1 atom stereocenters. The highest BCUT2D eigenvalue weighted by Crippen LogP contribution is 2.29. The van der Waals surface area contributed by atoms with Gasteiger partial charge < -0.3 is 14.8 Å². The van der Waals surface area contributed by atoms with E-state index >= 15 is 0 Å². The van der Waals surface area contributed by atoms with Crippen LogP contribution in [0.4, 0.5) is 0 Å². The number of amides is 1. The molecule has 0 saturated heterocycles. The van der Waals surface area contributed by atoms with Crippen molar-refractivity contribution in [2.24, 2.45) is 0 Å². The zero-order valence-corrected chi connectivity index (χ0v) is 17.1. The Morgan fingerprint density at radius 2 is 2.07 bits per heavy atom. The van der Waals surface area contributed by atoms with Crippen LogP contribution in [0.2, 0.25) is 0 Å². The molecule has 10 heteroatoms. The Labute approximate surface area is 172 Å². The third kappa shape index (κ3) is 3.50. The van der Waals surface area contributed by atoms with E-state index in [0.717, 1.165) is 17.6 Å². The normalized spacial score (nSPS) is 14.1. The molecule has 1 amide bonds. The molecule has 30 heavy (non-hydrogen) atoms. The summed E-state index contributed by atoms with van der Waals surface area (Å²) < 4.78 is 35.8. The van der Waals surface area contributed by atoms with Crippen molar-refractivity contribution >= 4 is 27.2 Å². The number of carbonyl (C=O) groups excluding carboxylic acids is 2. The Morgan fingerprint density at radius 3 is 2.80 bits per heavy atom. The van der Waals surface area contributed by atoms with E-state index in [4.69, 9.17) is 9.47 Å². The fourth-order valence-electron chi connectivity index (χ4n) is 3.42. The first-order valence-electron chi connectivity index (χ1n) is 9.11. The number of hydrogen-bond acceptors (Lipinski definition) is 7. The SMILES string of the molecule is COC(=O)C(NC(=O)c1nc(S(C)(=O)=O)n2ccccc12)c1ccc2c(c1)CCO2. The van der Waals surface area contributed by atoms with Gasteiger partial charge in [-0.25, -0.2) is 18.2 Å². The molecule has 0 radical (unpaired) electrons. The van der Waals surface area contributed by atoms with Gasteiger partial charge in [0.25, 0.3) is 5.91 Å². The smallest absolute Gasteiger partial charge is 0.333 e. The van der Waals surface area contributed by atoms with E-state index in [1.165, 1.54) is 17.7 Å². The lowest BCUT2D eigenvalue weighted by Crippen LogP contribution is -2.35. The van der Waals surface area contributed by atoms with Gasteiger partial charge in [-0.1, -0.05) is 12.1 Å². The van der Waals surface area contributed by atoms with Crippen LogP contribution in [0.1, 0.15) is 27.7 Å². The summed E-state index contributed by atoms with van der Waals surface area (Å²) in [6.07, 6.45) is 3.22. The minimum absolute atomic E-state index is 0.102. The molecule has 0 fully saturated rings. The highest BCUT2D eigenvalue weighted by molar-refractivity contribution is 7.90. The number of pyridine rings is 1. The van der Waals surface area contributed by atoms with E-state index in [1.807, 2.05) is 0 Å². The Balaban J connectivity index is 1.73. The Kier molecular flexibility index (Phi) is 4.94. The van der Waals surface area contributed by atoms with Crippen molar-refractivity contribution in [3.63, 3.8) is 0 Å². The number of sulfone groups is 1. The molecule has 2 aromatic heterocycles. The molecule has 1 aliphatic heterocycles. The van der Waals surface area contributed by atoms with Gasteiger partial charge in [-0.3, -0.25) is 9.20 Å². The molecule has 156 valence electrons. The molecule has 1 N–H and O–H groups in total. The number of hydrogen-bond donors (Lipinski definition) is 1. The van der Waals surface area contributed by atoms with Gasteiger partial charge >= 0.3 is 5.97 Å². The molecule has 4 rings (SSSR count). The van der Waals surface area contributed by atoms with Crippen LogP contribution in [-0.2, 0) is 25.8 Å². The highest BCUT2D eigenvalue weighted by Gasteiger charge is 2.29. The number of imidazole rings is 1. The van der Waals surface area contributed by atoms with Gasteiger partial charge in [0.15, 0.2) is 11.7 Å². The zero-order chi connectivity index (χ0) is 21.5. The summed E-state index contributed by atoms with van der Waals surface area (Å²) in [5.74, 6) is -0.610. The number of carbonyl (C=O) groups is 2. The number of fused-ring (bicyclic) bond motifs is 2. The van der Waals surface area contributed by atoms with Crippen LogP contribution in [0.25, 0.3) is 5.52 Å². The van der Waals surface area contributed by atoms with Crippen LogP contribution in [0.3, 0.4) is 0 Å². The van der Waals surface area contributed by atoms with Gasteiger partial charge in [0, 0.05) is 18.9 Å². The van der Waals surface area contributed by atoms with E-state index in [1.54, 1.807) is 36.4 Å². The third-order valence-corrected chi connectivity index (χ3v) is 5.77. The second kappa shape index (κ2) is 7.45. The van der Waals surface area contributed by atoms with Crippen molar-refractivity contribution in [2.45, 2.75) is 17.6 Å². The van der Waals surface area contributed by atoms with E-state index in [0.29, 0.717) is 24.1 Å². The second-order valence-corrected chi connectivity index (χ2v) is 8.78. The summed E-state index contributed by atoms with van der Waals surface area (Å²) in [6.45, 7) is 0.558. The van der Waals surface area contributed by atoms with Crippen LogP contribution < -0.4 is 10.1 Å². The Hall–Kier alpha value is -3.40. The number of esters is 1. The van der Waals surface area contributed by atoms with Crippen LogP contribution >= 0.6 is 0 Å². The van der Waals surface area contributed by atoms with Gasteiger partial charge in [-0.15, -0.1) is 0 Å². The lowest BCUT2D eigenvalue weighted by Gasteiger charge is -2.17. The number of benzene rings is 1. The minimum atomic E-state index is -3.68. The van der Waals surface area contributed by atoms with E-state index in [9.17, 15) is 18.0 Å². The summed E-state index contributed by atoms with van der Waals surface area (Å²) in [5.41, 5.74) is 1.67. The first-order chi connectivity index (χ1) is 14.3. The van der Waals surface area contributed by atoms with Gasteiger partial charge in [-0.2, -0.15) is 0 Å². The molecule has 1 unspecified atom stereocenters. The Bertz CT molecular complexity index is 1260. The summed E-state index contributed by atoms with van der Waals surface area (Å²) in [5, 5.41) is 2.37. The van der Waals surface area contributed by atoms with Crippen LogP contribution in [0, 0.1) is 0 Å². The predicted octanol–water partition coefficient (Wildman–Crippen LogP) is 1.32. The maximum absolute atomic E-state index is 13.0. The lowest BCUT2D eigenvalue weighted by molar-refractivity contribution is -0.143. The monoisotopic (exact) mass is 429 g/mol. The maximum atomic E-state index is 13.0. The van der Waals surface area contributed by atoms with E-state index < -0.39 is 27.8 Å². The summed E-state index contributed by atoms with van der Waals surface area (Å²) in [4.78, 5) is 29.5. The number of methoxy groups -OCH3 is 1. The molecule has 0 spiro atoms. The van der Waals surface area contributed by atoms with Crippen molar-refractivity contribution in [1.82, 2.24) is 14.7 Å². The largest absolute Gasteiger partial charge is 0.493 e. The fraction of sp³-hybridized carbons (Fsp3) is 0.250. The molecular weight excluding hydrogens is 410 g/mol. The first kappa shape index (κ1) is 19.9. The van der Waals surface area contributed by atoms with Crippen molar-refractivity contribution in [3.05, 3.63) is 59.4 Å². The summed E-state index contributed by atoms with van der Waals surface area (Å²) in [6, 6.07) is 9.00. The quantitative estimate of drug-likeness (QED) is 0.608. The zero-order valence-electron chi connectivity index (χ0n) is 16.3. The van der Waals surface area contributed by atoms with Gasteiger partial charge in [-0.05, 0) is 35.4 Å². The molecule has 0 aliphatic carbocycles. The molecule has 0 saturated carbocycles. The average Bonchev–Trinajstić information content (AvgIpc) is 3.35. The number of rotatable bonds is 5. The van der Waals surface area contributed by atoms with Crippen LogP contribution in [-0.4, -0.2) is 49.7 Å². The lowest BCUT2D eigenvalue weighted by atomic mass is 10.0. The molecule has 0 bridgehead atoms. The predicted molar refractivity (Wildman–Crippen MR) is 106 cm³/mol. The number of nitrogens with one attached hydrogen (secondary N) is 1. The van der Waals surface area contributed by atoms with Crippen LogP contribution in [0.15, 0.2) is 47.8 Å². The fourth-order valence-corrected chi connectivity index (χ4v) is 4.19. The van der Waals surface area contributed by atoms with Crippen molar-refractivity contribution in [3.8, 4) is 5.75 Å². The molecule has 9 nitrogen and oxygen atoms in total. The number of ether oxygens (including phenoxy) is 2. The average molecular weight is 429 g/mol. The topological polar surface area (TPSA) is 116 Å². The summed E-state index contributed by atoms with van der Waals surface area (Å²) >= 11 is 0. The maximum Gasteiger partial charge on any atom is 0.333 e. The Morgan fingerprint density at radius 1 is 1.27 bits per heavy atom. The van der Waals surface area contributed by atoms with E-state index in [2.05, 4.69) is 10.3 Å².